The van der Waals surface area contributed by atoms with E-state index >= 15 is 0 Å². The summed E-state index contributed by atoms with van der Waals surface area (Å²) < 4.78 is 30.0. The highest BCUT2D eigenvalue weighted by molar-refractivity contribution is 7.89. The Morgan fingerprint density at radius 2 is 1.85 bits per heavy atom. The number of rotatable bonds is 8. The minimum absolute atomic E-state index is 0.0656. The van der Waals surface area contributed by atoms with E-state index in [2.05, 4.69) is 4.90 Å². The highest BCUT2D eigenvalue weighted by Gasteiger charge is 2.17. The van der Waals surface area contributed by atoms with Crippen molar-refractivity contribution >= 4 is 16.3 Å². The molecule has 0 N–H and O–H groups in total. The van der Waals surface area contributed by atoms with Gasteiger partial charge in [-0.3, -0.25) is 4.90 Å². The summed E-state index contributed by atoms with van der Waals surface area (Å²) in [7, 11) is -1.70. The van der Waals surface area contributed by atoms with E-state index < -0.39 is 10.0 Å². The summed E-state index contributed by atoms with van der Waals surface area (Å²) >= 11 is 0. The molecule has 0 spiro atoms. The fourth-order valence-corrected chi connectivity index (χ4v) is 2.95. The van der Waals surface area contributed by atoms with Gasteiger partial charge in [-0.1, -0.05) is 13.8 Å². The van der Waals surface area contributed by atoms with Crippen LogP contribution >= 0.6 is 0 Å². The Labute approximate surface area is 123 Å². The second-order valence-electron chi connectivity index (χ2n) is 4.40. The van der Waals surface area contributed by atoms with Crippen LogP contribution in [0.25, 0.3) is 0 Å². The highest BCUT2D eigenvalue weighted by atomic mass is 32.2. The van der Waals surface area contributed by atoms with Gasteiger partial charge in [-0.2, -0.15) is 0 Å². The molecule has 0 aliphatic carbocycles. The number of ether oxygens (including phenoxy) is 1. The first-order valence-electron chi connectivity index (χ1n) is 7.24. The lowest BCUT2D eigenvalue weighted by Gasteiger charge is -2.27. The first-order chi connectivity index (χ1) is 9.56. The predicted octanol–water partition coefficient (Wildman–Crippen LogP) is 0.586. The molecule has 0 aromatic heterocycles. The lowest BCUT2D eigenvalue weighted by atomic mass is 10.3. The minimum Gasteiger partial charge on any atom is -0.379 e. The third kappa shape index (κ3) is 7.94. The number of hydrogen-bond acceptors (Lipinski definition) is 5. The summed E-state index contributed by atoms with van der Waals surface area (Å²) in [5.74, 6) is -0.0927. The van der Waals surface area contributed by atoms with Gasteiger partial charge in [0.15, 0.2) is 0 Å². The molecule has 1 aliphatic rings. The number of sulfonamides is 1. The first-order valence-corrected chi connectivity index (χ1v) is 8.85. The Bertz CT molecular complexity index is 340. The monoisotopic (exact) mass is 308 g/mol. The zero-order chi connectivity index (χ0) is 15.4. The third-order valence-electron chi connectivity index (χ3n) is 3.02. The normalized spacial score (nSPS) is 16.6. The zero-order valence-electron chi connectivity index (χ0n) is 12.9. The Morgan fingerprint density at radius 1 is 1.25 bits per heavy atom. The number of carbonyl (C=O) groups is 1. The molecule has 0 aromatic rings. The van der Waals surface area contributed by atoms with Crippen molar-refractivity contribution in [1.82, 2.24) is 9.21 Å². The molecule has 6 nitrogen and oxygen atoms in total. The average Bonchev–Trinajstić information content (AvgIpc) is 2.48. The largest absolute Gasteiger partial charge is 0.379 e. The number of carbonyl (C=O) groups excluding carboxylic acids is 1. The SMILES string of the molecule is CC.CN(CCCN1CCOCC1)S(=O)(=O)CCC=O. The van der Waals surface area contributed by atoms with E-state index in [1.807, 2.05) is 13.8 Å². The molecule has 1 heterocycles. The van der Waals surface area contributed by atoms with E-state index in [0.717, 1.165) is 39.3 Å². The van der Waals surface area contributed by atoms with Crippen LogP contribution < -0.4 is 0 Å². The van der Waals surface area contributed by atoms with Gasteiger partial charge in [-0.15, -0.1) is 0 Å². The van der Waals surface area contributed by atoms with Crippen LogP contribution in [0, 0.1) is 0 Å². The molecule has 0 unspecified atom stereocenters. The molecular formula is C13H28N2O4S. The van der Waals surface area contributed by atoms with Gasteiger partial charge in [-0.25, -0.2) is 12.7 Å². The van der Waals surface area contributed by atoms with Gasteiger partial charge in [0.25, 0.3) is 0 Å². The summed E-state index contributed by atoms with van der Waals surface area (Å²) in [4.78, 5) is 12.5. The zero-order valence-corrected chi connectivity index (χ0v) is 13.7. The van der Waals surface area contributed by atoms with Crippen molar-refractivity contribution in [2.75, 3.05) is 52.2 Å². The summed E-state index contributed by atoms with van der Waals surface area (Å²) in [6.07, 6.45) is 1.51. The van der Waals surface area contributed by atoms with Crippen LogP contribution in [0.5, 0.6) is 0 Å². The molecule has 1 saturated heterocycles. The van der Waals surface area contributed by atoms with Crippen LogP contribution in [0.15, 0.2) is 0 Å². The average molecular weight is 308 g/mol. The molecule has 1 fully saturated rings. The number of aldehydes is 1. The maximum atomic E-state index is 11.7. The number of nitrogens with zero attached hydrogens (tertiary/aromatic N) is 2. The third-order valence-corrected chi connectivity index (χ3v) is 4.90. The second kappa shape index (κ2) is 11.2. The number of hydrogen-bond donors (Lipinski definition) is 0. The molecular weight excluding hydrogens is 280 g/mol. The van der Waals surface area contributed by atoms with Crippen LogP contribution in [-0.2, 0) is 19.6 Å². The van der Waals surface area contributed by atoms with Crippen molar-refractivity contribution in [3.63, 3.8) is 0 Å². The van der Waals surface area contributed by atoms with Crippen molar-refractivity contribution in [3.8, 4) is 0 Å². The number of morpholine rings is 1. The fraction of sp³-hybridized carbons (Fsp3) is 0.923. The van der Waals surface area contributed by atoms with E-state index in [1.165, 1.54) is 4.31 Å². The molecule has 7 heteroatoms. The minimum atomic E-state index is -3.27. The van der Waals surface area contributed by atoms with Crippen LogP contribution in [0.4, 0.5) is 0 Å². The topological polar surface area (TPSA) is 66.9 Å². The molecule has 0 atom stereocenters. The van der Waals surface area contributed by atoms with Crippen molar-refractivity contribution in [1.29, 1.82) is 0 Å². The molecule has 20 heavy (non-hydrogen) atoms. The maximum Gasteiger partial charge on any atom is 0.214 e. The van der Waals surface area contributed by atoms with Crippen molar-refractivity contribution in [2.24, 2.45) is 0 Å². The van der Waals surface area contributed by atoms with Gasteiger partial charge in [0.1, 0.15) is 6.29 Å². The first kappa shape index (κ1) is 19.5. The lowest BCUT2D eigenvalue weighted by Crippen LogP contribution is -2.38. The summed E-state index contributed by atoms with van der Waals surface area (Å²) in [5, 5.41) is 0. The molecule has 120 valence electrons. The highest BCUT2D eigenvalue weighted by Crippen LogP contribution is 2.03. The molecule has 1 rings (SSSR count). The Hall–Kier alpha value is -0.500. The predicted molar refractivity (Wildman–Crippen MR) is 80.3 cm³/mol. The van der Waals surface area contributed by atoms with E-state index in [9.17, 15) is 13.2 Å². The lowest BCUT2D eigenvalue weighted by molar-refractivity contribution is -0.107. The van der Waals surface area contributed by atoms with Crippen LogP contribution in [-0.4, -0.2) is 76.1 Å². The van der Waals surface area contributed by atoms with E-state index in [-0.39, 0.29) is 12.2 Å². The van der Waals surface area contributed by atoms with Crippen molar-refractivity contribution in [3.05, 3.63) is 0 Å². The van der Waals surface area contributed by atoms with E-state index in [4.69, 9.17) is 4.74 Å². The molecule has 0 radical (unpaired) electrons. The maximum absolute atomic E-state index is 11.7. The van der Waals surface area contributed by atoms with Gasteiger partial charge in [-0.05, 0) is 13.0 Å². The van der Waals surface area contributed by atoms with Gasteiger partial charge < -0.3 is 9.53 Å². The van der Waals surface area contributed by atoms with Crippen LogP contribution in [0.3, 0.4) is 0 Å². The quantitative estimate of drug-likeness (QED) is 0.614. The van der Waals surface area contributed by atoms with Gasteiger partial charge >= 0.3 is 0 Å². The van der Waals surface area contributed by atoms with Crippen molar-refractivity contribution in [2.45, 2.75) is 26.7 Å². The smallest absolute Gasteiger partial charge is 0.214 e. The molecule has 0 saturated carbocycles. The Kier molecular flexibility index (Phi) is 10.9. The Balaban J connectivity index is 0.00000172. The standard InChI is InChI=1S/C11H22N2O4S.C2H6/c1-12(18(15,16)11-3-8-14)4-2-5-13-6-9-17-10-7-13;1-2/h8H,2-7,9-11H2,1H3;1-2H3. The molecule has 0 amide bonds. The second-order valence-corrected chi connectivity index (χ2v) is 6.60. The molecule has 0 aromatic carbocycles. The van der Waals surface area contributed by atoms with Gasteiger partial charge in [0, 0.05) is 33.1 Å². The fourth-order valence-electron chi connectivity index (χ4n) is 1.83. The van der Waals surface area contributed by atoms with Crippen LogP contribution in [0.2, 0.25) is 0 Å². The van der Waals surface area contributed by atoms with Gasteiger partial charge in [0.2, 0.25) is 10.0 Å². The van der Waals surface area contributed by atoms with Gasteiger partial charge in [0.05, 0.1) is 19.0 Å². The summed E-state index contributed by atoms with van der Waals surface area (Å²) in [6, 6.07) is 0. The van der Waals surface area contributed by atoms with E-state index in [0.29, 0.717) is 12.8 Å². The molecule has 1 aliphatic heterocycles. The summed E-state index contributed by atoms with van der Waals surface area (Å²) in [5.41, 5.74) is 0. The van der Waals surface area contributed by atoms with E-state index in [1.54, 1.807) is 7.05 Å². The van der Waals surface area contributed by atoms with Crippen LogP contribution in [0.1, 0.15) is 26.7 Å². The molecule has 0 bridgehead atoms. The van der Waals surface area contributed by atoms with Crippen molar-refractivity contribution < 1.29 is 17.9 Å². The summed E-state index contributed by atoms with van der Waals surface area (Å²) in [6.45, 7) is 8.74. The Morgan fingerprint density at radius 3 is 2.40 bits per heavy atom.